The van der Waals surface area contributed by atoms with E-state index >= 15 is 0 Å². The van der Waals surface area contributed by atoms with Crippen molar-refractivity contribution in [2.75, 3.05) is 6.54 Å². The van der Waals surface area contributed by atoms with Crippen LogP contribution in [0.5, 0.6) is 0 Å². The van der Waals surface area contributed by atoms with Crippen LogP contribution in [0.4, 0.5) is 0 Å². The molecule has 1 amide bonds. The smallest absolute Gasteiger partial charge is 0.254 e. The topological polar surface area (TPSA) is 58.4 Å². The van der Waals surface area contributed by atoms with Crippen molar-refractivity contribution in [1.82, 2.24) is 14.7 Å². The number of nitrogens with zero attached hydrogens (tertiary/aromatic N) is 3. The number of hydrogen-bond donors (Lipinski definition) is 1. The van der Waals surface area contributed by atoms with Gasteiger partial charge in [0.25, 0.3) is 5.91 Å². The average Bonchev–Trinajstić information content (AvgIpc) is 3.12. The van der Waals surface area contributed by atoms with Crippen LogP contribution in [-0.4, -0.2) is 32.2 Å². The van der Waals surface area contributed by atoms with Crippen molar-refractivity contribution >= 4 is 17.5 Å². The van der Waals surface area contributed by atoms with Crippen LogP contribution in [0.1, 0.15) is 39.0 Å². The summed E-state index contributed by atoms with van der Waals surface area (Å²) in [7, 11) is 0. The van der Waals surface area contributed by atoms with Crippen molar-refractivity contribution in [3.63, 3.8) is 0 Å². The Labute approximate surface area is 162 Å². The SMILES string of the molecule is Cc1ccc(Cl)cc1C(=O)N1CCn2nc([C@@H](O)c3ccccc3)cc2C1. The molecule has 1 aliphatic rings. The van der Waals surface area contributed by atoms with E-state index in [2.05, 4.69) is 5.10 Å². The normalized spacial score (nSPS) is 14.7. The summed E-state index contributed by atoms with van der Waals surface area (Å²) in [4.78, 5) is 14.7. The molecule has 0 saturated carbocycles. The highest BCUT2D eigenvalue weighted by Crippen LogP contribution is 2.25. The Hall–Kier alpha value is -2.63. The van der Waals surface area contributed by atoms with E-state index in [9.17, 15) is 9.90 Å². The van der Waals surface area contributed by atoms with Crippen molar-refractivity contribution in [2.45, 2.75) is 26.1 Å². The lowest BCUT2D eigenvalue weighted by Crippen LogP contribution is -2.38. The molecule has 0 spiro atoms. The van der Waals surface area contributed by atoms with Gasteiger partial charge >= 0.3 is 0 Å². The van der Waals surface area contributed by atoms with Crippen LogP contribution in [0.15, 0.2) is 54.6 Å². The third-order valence-electron chi connectivity index (χ3n) is 4.93. The van der Waals surface area contributed by atoms with E-state index < -0.39 is 6.10 Å². The van der Waals surface area contributed by atoms with Crippen LogP contribution in [0.2, 0.25) is 5.02 Å². The molecule has 5 nitrogen and oxygen atoms in total. The zero-order chi connectivity index (χ0) is 19.0. The molecule has 0 bridgehead atoms. The standard InChI is InChI=1S/C21H20ClN3O2/c1-14-7-8-16(22)11-18(14)21(27)24-9-10-25-17(13-24)12-19(23-25)20(26)15-5-3-2-4-6-15/h2-8,11-12,20,26H,9-10,13H2,1H3/t20-/m0/s1. The molecule has 3 aromatic rings. The molecule has 0 unspecified atom stereocenters. The lowest BCUT2D eigenvalue weighted by atomic mass is 10.1. The molecule has 4 rings (SSSR count). The number of benzene rings is 2. The molecule has 138 valence electrons. The van der Waals surface area contributed by atoms with Crippen molar-refractivity contribution in [3.8, 4) is 0 Å². The molecule has 1 N–H and O–H groups in total. The number of fused-ring (bicyclic) bond motifs is 1. The summed E-state index contributed by atoms with van der Waals surface area (Å²) in [5.74, 6) is -0.0346. The first-order valence-electron chi connectivity index (χ1n) is 8.88. The second-order valence-electron chi connectivity index (χ2n) is 6.78. The van der Waals surface area contributed by atoms with Crippen molar-refractivity contribution < 1.29 is 9.90 Å². The van der Waals surface area contributed by atoms with Crippen LogP contribution in [-0.2, 0) is 13.1 Å². The van der Waals surface area contributed by atoms with E-state index in [4.69, 9.17) is 11.6 Å². The number of carbonyl (C=O) groups is 1. The van der Waals surface area contributed by atoms with Gasteiger partial charge in [0.1, 0.15) is 6.10 Å². The minimum Gasteiger partial charge on any atom is -0.382 e. The summed E-state index contributed by atoms with van der Waals surface area (Å²) in [6, 6.07) is 16.7. The van der Waals surface area contributed by atoms with E-state index in [0.717, 1.165) is 16.8 Å². The number of halogens is 1. The van der Waals surface area contributed by atoms with Gasteiger partial charge in [-0.2, -0.15) is 5.10 Å². The predicted molar refractivity (Wildman–Crippen MR) is 104 cm³/mol. The summed E-state index contributed by atoms with van der Waals surface area (Å²) in [6.07, 6.45) is -0.774. The van der Waals surface area contributed by atoms with Gasteiger partial charge < -0.3 is 10.0 Å². The van der Waals surface area contributed by atoms with Crippen molar-refractivity contribution in [2.24, 2.45) is 0 Å². The number of aryl methyl sites for hydroxylation is 1. The number of aliphatic hydroxyl groups excluding tert-OH is 1. The van der Waals surface area contributed by atoms with Gasteiger partial charge in [-0.05, 0) is 36.2 Å². The number of aromatic nitrogens is 2. The molecule has 2 aromatic carbocycles. The van der Waals surface area contributed by atoms with E-state index in [0.29, 0.717) is 35.9 Å². The Bertz CT molecular complexity index is 984. The molecular weight excluding hydrogens is 362 g/mol. The second-order valence-corrected chi connectivity index (χ2v) is 7.22. The monoisotopic (exact) mass is 381 g/mol. The van der Waals surface area contributed by atoms with E-state index in [1.165, 1.54) is 0 Å². The molecule has 6 heteroatoms. The lowest BCUT2D eigenvalue weighted by molar-refractivity contribution is 0.0705. The van der Waals surface area contributed by atoms with Gasteiger partial charge in [-0.15, -0.1) is 0 Å². The first-order valence-corrected chi connectivity index (χ1v) is 9.26. The summed E-state index contributed by atoms with van der Waals surface area (Å²) in [5, 5.41) is 15.7. The second kappa shape index (κ2) is 7.18. The number of hydrogen-bond acceptors (Lipinski definition) is 3. The molecule has 2 heterocycles. The van der Waals surface area contributed by atoms with E-state index in [1.54, 1.807) is 17.0 Å². The minimum absolute atomic E-state index is 0.0346. The first kappa shape index (κ1) is 17.8. The Morgan fingerprint density at radius 1 is 1.15 bits per heavy atom. The zero-order valence-electron chi connectivity index (χ0n) is 15.0. The van der Waals surface area contributed by atoms with Gasteiger partial charge in [0, 0.05) is 17.1 Å². The molecule has 27 heavy (non-hydrogen) atoms. The van der Waals surface area contributed by atoms with Crippen LogP contribution in [0.3, 0.4) is 0 Å². The highest BCUT2D eigenvalue weighted by Gasteiger charge is 2.26. The van der Waals surface area contributed by atoms with E-state index in [1.807, 2.05) is 54.1 Å². The molecule has 0 fully saturated rings. The maximum absolute atomic E-state index is 12.9. The van der Waals surface area contributed by atoms with Gasteiger partial charge in [-0.1, -0.05) is 48.0 Å². The zero-order valence-corrected chi connectivity index (χ0v) is 15.7. The number of amides is 1. The quantitative estimate of drug-likeness (QED) is 0.754. The van der Waals surface area contributed by atoms with Crippen LogP contribution < -0.4 is 0 Å². The maximum Gasteiger partial charge on any atom is 0.254 e. The fourth-order valence-electron chi connectivity index (χ4n) is 3.40. The molecule has 1 aliphatic heterocycles. The first-order chi connectivity index (χ1) is 13.0. The van der Waals surface area contributed by atoms with Crippen LogP contribution in [0, 0.1) is 6.92 Å². The van der Waals surface area contributed by atoms with Crippen molar-refractivity contribution in [3.05, 3.63) is 87.7 Å². The Balaban J connectivity index is 1.56. The van der Waals surface area contributed by atoms with Gasteiger partial charge in [-0.3, -0.25) is 9.48 Å². The van der Waals surface area contributed by atoms with Crippen LogP contribution in [0.25, 0.3) is 0 Å². The lowest BCUT2D eigenvalue weighted by Gasteiger charge is -2.28. The summed E-state index contributed by atoms with van der Waals surface area (Å²) in [5.41, 5.74) is 3.85. The van der Waals surface area contributed by atoms with Crippen molar-refractivity contribution in [1.29, 1.82) is 0 Å². The highest BCUT2D eigenvalue weighted by atomic mass is 35.5. The van der Waals surface area contributed by atoms with Gasteiger partial charge in [0.2, 0.25) is 0 Å². The van der Waals surface area contributed by atoms with Gasteiger partial charge in [0.05, 0.1) is 24.5 Å². The molecule has 0 aliphatic carbocycles. The Morgan fingerprint density at radius 3 is 2.70 bits per heavy atom. The highest BCUT2D eigenvalue weighted by molar-refractivity contribution is 6.31. The summed E-state index contributed by atoms with van der Waals surface area (Å²) < 4.78 is 1.87. The third kappa shape index (κ3) is 3.48. The molecular formula is C21H20ClN3O2. The third-order valence-corrected chi connectivity index (χ3v) is 5.16. The number of aliphatic hydroxyl groups is 1. The number of carbonyl (C=O) groups excluding carboxylic acids is 1. The summed E-state index contributed by atoms with van der Waals surface area (Å²) >= 11 is 6.06. The minimum atomic E-state index is -0.774. The molecule has 1 aromatic heterocycles. The summed E-state index contributed by atoms with van der Waals surface area (Å²) in [6.45, 7) is 3.54. The van der Waals surface area contributed by atoms with Gasteiger partial charge in [0.15, 0.2) is 0 Å². The maximum atomic E-state index is 12.9. The molecule has 0 radical (unpaired) electrons. The van der Waals surface area contributed by atoms with Gasteiger partial charge in [-0.25, -0.2) is 0 Å². The van der Waals surface area contributed by atoms with E-state index in [-0.39, 0.29) is 5.91 Å². The largest absolute Gasteiger partial charge is 0.382 e. The average molecular weight is 382 g/mol. The molecule has 1 atom stereocenters. The van der Waals surface area contributed by atoms with Crippen LogP contribution >= 0.6 is 11.6 Å². The fourth-order valence-corrected chi connectivity index (χ4v) is 3.57. The predicted octanol–water partition coefficient (Wildman–Crippen LogP) is 3.58. The Morgan fingerprint density at radius 2 is 1.93 bits per heavy atom. The Kier molecular flexibility index (Phi) is 4.72. The molecule has 0 saturated heterocycles. The fraction of sp³-hybridized carbons (Fsp3) is 0.238. The number of rotatable bonds is 3.